The third-order valence-electron chi connectivity index (χ3n) is 0.713. The molecule has 0 aliphatic carbocycles. The van der Waals surface area contributed by atoms with Crippen molar-refractivity contribution >= 4 is 9.84 Å². The summed E-state index contributed by atoms with van der Waals surface area (Å²) in [5.74, 6) is -1.27. The quantitative estimate of drug-likeness (QED) is 0.643. The second kappa shape index (κ2) is 2.75. The van der Waals surface area contributed by atoms with Gasteiger partial charge in [0.2, 0.25) is 9.84 Å². The molecule has 0 bridgehead atoms. The standard InChI is InChI=1S/C3H5F3O3S/c4-3(5,6)10(8,9)2-1-7/h7H,1-2H2. The zero-order chi connectivity index (χ0) is 8.41. The minimum Gasteiger partial charge on any atom is -0.395 e. The Hall–Kier alpha value is -0.300. The van der Waals surface area contributed by atoms with E-state index in [2.05, 4.69) is 0 Å². The van der Waals surface area contributed by atoms with Crippen molar-refractivity contribution in [3.05, 3.63) is 0 Å². The van der Waals surface area contributed by atoms with E-state index >= 15 is 0 Å². The van der Waals surface area contributed by atoms with Crippen LogP contribution in [0.5, 0.6) is 0 Å². The summed E-state index contributed by atoms with van der Waals surface area (Å²) in [7, 11) is -5.10. The molecule has 0 aromatic carbocycles. The molecule has 1 N–H and O–H groups in total. The highest BCUT2D eigenvalue weighted by atomic mass is 32.2. The van der Waals surface area contributed by atoms with Crippen LogP contribution in [0.4, 0.5) is 13.2 Å². The van der Waals surface area contributed by atoms with Crippen molar-refractivity contribution in [2.75, 3.05) is 12.4 Å². The highest BCUT2D eigenvalue weighted by Gasteiger charge is 2.44. The first-order valence-electron chi connectivity index (χ1n) is 2.21. The van der Waals surface area contributed by atoms with Crippen molar-refractivity contribution in [1.29, 1.82) is 0 Å². The van der Waals surface area contributed by atoms with Gasteiger partial charge in [-0.05, 0) is 0 Å². The summed E-state index contributed by atoms with van der Waals surface area (Å²) >= 11 is 0. The van der Waals surface area contributed by atoms with Gasteiger partial charge in [0, 0.05) is 0 Å². The van der Waals surface area contributed by atoms with Crippen molar-refractivity contribution < 1.29 is 26.7 Å². The molecule has 0 aromatic heterocycles. The molecule has 0 aliphatic rings. The highest BCUT2D eigenvalue weighted by Crippen LogP contribution is 2.23. The minimum absolute atomic E-state index is 1.01. The van der Waals surface area contributed by atoms with Gasteiger partial charge in [0.15, 0.2) is 0 Å². The average Bonchev–Trinajstić information content (AvgIpc) is 1.61. The number of aliphatic hydroxyl groups is 1. The first-order valence-corrected chi connectivity index (χ1v) is 3.86. The minimum atomic E-state index is -5.24. The van der Waals surface area contributed by atoms with Crippen molar-refractivity contribution in [1.82, 2.24) is 0 Å². The number of halogens is 3. The third-order valence-corrected chi connectivity index (χ3v) is 2.14. The van der Waals surface area contributed by atoms with Crippen LogP contribution in [0.1, 0.15) is 0 Å². The van der Waals surface area contributed by atoms with Crippen LogP contribution in [-0.4, -0.2) is 31.4 Å². The van der Waals surface area contributed by atoms with E-state index < -0.39 is 27.7 Å². The van der Waals surface area contributed by atoms with E-state index in [4.69, 9.17) is 5.11 Å². The van der Waals surface area contributed by atoms with Gasteiger partial charge in [-0.25, -0.2) is 8.42 Å². The van der Waals surface area contributed by atoms with E-state index in [-0.39, 0.29) is 0 Å². The second-order valence-corrected chi connectivity index (χ2v) is 3.59. The van der Waals surface area contributed by atoms with Crippen molar-refractivity contribution in [2.24, 2.45) is 0 Å². The zero-order valence-electron chi connectivity index (χ0n) is 4.72. The van der Waals surface area contributed by atoms with Crippen LogP contribution >= 0.6 is 0 Å². The van der Waals surface area contributed by atoms with E-state index in [0.29, 0.717) is 0 Å². The SMILES string of the molecule is O=S(=O)(CCO)C(F)(F)F. The van der Waals surface area contributed by atoms with Gasteiger partial charge in [0.1, 0.15) is 0 Å². The molecule has 62 valence electrons. The molecule has 7 heteroatoms. The predicted molar refractivity (Wildman–Crippen MR) is 26.9 cm³/mol. The van der Waals surface area contributed by atoms with E-state index in [1.54, 1.807) is 0 Å². The summed E-state index contributed by atoms with van der Waals surface area (Å²) in [6, 6.07) is 0. The van der Waals surface area contributed by atoms with Crippen LogP contribution in [-0.2, 0) is 9.84 Å². The summed E-state index contributed by atoms with van der Waals surface area (Å²) in [4.78, 5) is 0. The van der Waals surface area contributed by atoms with Crippen LogP contribution < -0.4 is 0 Å². The zero-order valence-corrected chi connectivity index (χ0v) is 5.54. The molecule has 0 spiro atoms. The number of alkyl halides is 3. The molecule has 0 heterocycles. The Kier molecular flexibility index (Phi) is 2.67. The maximum atomic E-state index is 11.3. The molecule has 0 aliphatic heterocycles. The Bertz CT molecular complexity index is 192. The predicted octanol–water partition coefficient (Wildman–Crippen LogP) is -0.0867. The lowest BCUT2D eigenvalue weighted by molar-refractivity contribution is -0.0438. The molecule has 0 saturated carbocycles. The second-order valence-electron chi connectivity index (χ2n) is 1.49. The monoisotopic (exact) mass is 178 g/mol. The Labute approximate surface area is 55.4 Å². The lowest BCUT2D eigenvalue weighted by Gasteiger charge is -2.04. The molecule has 0 saturated heterocycles. The maximum Gasteiger partial charge on any atom is 0.497 e. The van der Waals surface area contributed by atoms with Gasteiger partial charge in [0.05, 0.1) is 12.4 Å². The number of sulfone groups is 1. The average molecular weight is 178 g/mol. The van der Waals surface area contributed by atoms with E-state index in [0.717, 1.165) is 0 Å². The molecular formula is C3H5F3O3S. The molecule has 0 atom stereocenters. The summed E-state index contributed by atoms with van der Waals surface area (Å²) in [5.41, 5.74) is -5.24. The fourth-order valence-corrected chi connectivity index (χ4v) is 0.708. The summed E-state index contributed by atoms with van der Waals surface area (Å²) in [6.07, 6.45) is 0. The lowest BCUT2D eigenvalue weighted by Crippen LogP contribution is -2.27. The van der Waals surface area contributed by atoms with Gasteiger partial charge >= 0.3 is 5.51 Å². The smallest absolute Gasteiger partial charge is 0.395 e. The molecule has 3 nitrogen and oxygen atoms in total. The van der Waals surface area contributed by atoms with Crippen LogP contribution in [0.15, 0.2) is 0 Å². The molecule has 0 amide bonds. The van der Waals surface area contributed by atoms with Crippen LogP contribution in [0.25, 0.3) is 0 Å². The largest absolute Gasteiger partial charge is 0.497 e. The normalized spacial score (nSPS) is 13.6. The Morgan fingerprint density at radius 3 is 1.80 bits per heavy atom. The summed E-state index contributed by atoms with van der Waals surface area (Å²) in [5, 5.41) is 7.89. The van der Waals surface area contributed by atoms with Crippen LogP contribution in [0.3, 0.4) is 0 Å². The lowest BCUT2D eigenvalue weighted by atomic mass is 10.9. The van der Waals surface area contributed by atoms with Gasteiger partial charge in [-0.2, -0.15) is 13.2 Å². The number of aliphatic hydroxyl groups excluding tert-OH is 1. The molecule has 0 fully saturated rings. The molecule has 0 aromatic rings. The Morgan fingerprint density at radius 2 is 1.70 bits per heavy atom. The van der Waals surface area contributed by atoms with E-state index in [9.17, 15) is 21.6 Å². The Balaban J connectivity index is 4.44. The topological polar surface area (TPSA) is 54.4 Å². The van der Waals surface area contributed by atoms with Crippen LogP contribution in [0, 0.1) is 0 Å². The fourth-order valence-electron chi connectivity index (χ4n) is 0.236. The van der Waals surface area contributed by atoms with E-state index in [1.165, 1.54) is 0 Å². The Morgan fingerprint density at radius 1 is 1.30 bits per heavy atom. The van der Waals surface area contributed by atoms with Gasteiger partial charge < -0.3 is 5.11 Å². The molecule has 10 heavy (non-hydrogen) atoms. The molecule has 0 unspecified atom stereocenters. The molecular weight excluding hydrogens is 173 g/mol. The van der Waals surface area contributed by atoms with Crippen molar-refractivity contribution in [3.8, 4) is 0 Å². The van der Waals surface area contributed by atoms with E-state index in [1.807, 2.05) is 0 Å². The van der Waals surface area contributed by atoms with Crippen molar-refractivity contribution in [3.63, 3.8) is 0 Å². The number of hydrogen-bond donors (Lipinski definition) is 1. The first kappa shape index (κ1) is 9.70. The molecule has 0 radical (unpaired) electrons. The highest BCUT2D eigenvalue weighted by molar-refractivity contribution is 7.92. The van der Waals surface area contributed by atoms with Gasteiger partial charge in [-0.15, -0.1) is 0 Å². The van der Waals surface area contributed by atoms with Crippen molar-refractivity contribution in [2.45, 2.75) is 5.51 Å². The first-order chi connectivity index (χ1) is 4.31. The maximum absolute atomic E-state index is 11.3. The fraction of sp³-hybridized carbons (Fsp3) is 1.00. The molecule has 0 rings (SSSR count). The summed E-state index contributed by atoms with van der Waals surface area (Å²) in [6.45, 7) is -1.01. The summed E-state index contributed by atoms with van der Waals surface area (Å²) < 4.78 is 53.9. The van der Waals surface area contributed by atoms with Crippen LogP contribution in [0.2, 0.25) is 0 Å². The number of rotatable bonds is 2. The van der Waals surface area contributed by atoms with Gasteiger partial charge in [0.25, 0.3) is 0 Å². The third kappa shape index (κ3) is 2.14. The van der Waals surface area contributed by atoms with Gasteiger partial charge in [-0.1, -0.05) is 0 Å². The van der Waals surface area contributed by atoms with Gasteiger partial charge in [-0.3, -0.25) is 0 Å². The number of hydrogen-bond acceptors (Lipinski definition) is 3.